The van der Waals surface area contributed by atoms with Gasteiger partial charge in [-0.15, -0.1) is 0 Å². The van der Waals surface area contributed by atoms with Gasteiger partial charge in [-0.2, -0.15) is 0 Å². The summed E-state index contributed by atoms with van der Waals surface area (Å²) in [6.45, 7) is 2.11. The highest BCUT2D eigenvalue weighted by atomic mass is 79.9. The Morgan fingerprint density at radius 1 is 1.31 bits per heavy atom. The standard InChI is InChI=1S/C13H18BrNO/c1-9-5-6-10(14)12(16-2)11(9)13(15)7-3-4-8-13/h5-6H,3-4,7-8,15H2,1-2H3. The highest BCUT2D eigenvalue weighted by Gasteiger charge is 2.35. The van der Waals surface area contributed by atoms with Crippen molar-refractivity contribution in [2.24, 2.45) is 5.73 Å². The van der Waals surface area contributed by atoms with Crippen LogP contribution in [0.25, 0.3) is 0 Å². The summed E-state index contributed by atoms with van der Waals surface area (Å²) in [5.74, 6) is 0.907. The third-order valence-corrected chi connectivity index (χ3v) is 4.14. The number of methoxy groups -OCH3 is 1. The van der Waals surface area contributed by atoms with Gasteiger partial charge in [-0.3, -0.25) is 0 Å². The number of halogens is 1. The van der Waals surface area contributed by atoms with Crippen molar-refractivity contribution in [3.05, 3.63) is 27.7 Å². The molecule has 0 bridgehead atoms. The Bertz CT molecular complexity index is 397. The maximum atomic E-state index is 6.53. The van der Waals surface area contributed by atoms with E-state index in [1.54, 1.807) is 7.11 Å². The van der Waals surface area contributed by atoms with E-state index in [1.165, 1.54) is 24.0 Å². The van der Waals surface area contributed by atoms with Crippen LogP contribution in [0.5, 0.6) is 5.75 Å². The lowest BCUT2D eigenvalue weighted by Gasteiger charge is -2.28. The third-order valence-electron chi connectivity index (χ3n) is 3.52. The molecular weight excluding hydrogens is 266 g/mol. The number of aryl methyl sites for hydroxylation is 1. The number of nitrogens with two attached hydrogens (primary N) is 1. The van der Waals surface area contributed by atoms with Gasteiger partial charge in [-0.05, 0) is 47.3 Å². The summed E-state index contributed by atoms with van der Waals surface area (Å²) in [7, 11) is 1.71. The number of hydrogen-bond donors (Lipinski definition) is 1. The van der Waals surface area contributed by atoms with Crippen molar-refractivity contribution in [1.29, 1.82) is 0 Å². The van der Waals surface area contributed by atoms with E-state index >= 15 is 0 Å². The van der Waals surface area contributed by atoms with Crippen molar-refractivity contribution in [2.75, 3.05) is 7.11 Å². The molecule has 88 valence electrons. The Balaban J connectivity index is 2.57. The lowest BCUT2D eigenvalue weighted by Crippen LogP contribution is -2.34. The van der Waals surface area contributed by atoms with Gasteiger partial charge in [0.15, 0.2) is 0 Å². The molecule has 16 heavy (non-hydrogen) atoms. The summed E-state index contributed by atoms with van der Waals surface area (Å²) in [5.41, 5.74) is 8.74. The van der Waals surface area contributed by atoms with Crippen LogP contribution in [0.4, 0.5) is 0 Å². The van der Waals surface area contributed by atoms with Gasteiger partial charge in [0, 0.05) is 11.1 Å². The van der Waals surface area contributed by atoms with Crippen molar-refractivity contribution in [3.8, 4) is 5.75 Å². The van der Waals surface area contributed by atoms with Gasteiger partial charge in [0.25, 0.3) is 0 Å². The second-order valence-corrected chi connectivity index (χ2v) is 5.49. The topological polar surface area (TPSA) is 35.2 Å². The molecule has 0 saturated heterocycles. The zero-order chi connectivity index (χ0) is 11.8. The zero-order valence-electron chi connectivity index (χ0n) is 9.85. The zero-order valence-corrected chi connectivity index (χ0v) is 11.4. The van der Waals surface area contributed by atoms with Gasteiger partial charge < -0.3 is 10.5 Å². The van der Waals surface area contributed by atoms with Crippen LogP contribution in [-0.2, 0) is 5.54 Å². The summed E-state index contributed by atoms with van der Waals surface area (Å²) in [6.07, 6.45) is 4.54. The molecule has 0 aliphatic heterocycles. The summed E-state index contributed by atoms with van der Waals surface area (Å²) in [6, 6.07) is 4.13. The maximum Gasteiger partial charge on any atom is 0.138 e. The fourth-order valence-electron chi connectivity index (χ4n) is 2.73. The molecule has 2 N–H and O–H groups in total. The van der Waals surface area contributed by atoms with Crippen LogP contribution < -0.4 is 10.5 Å². The first-order valence-corrected chi connectivity index (χ1v) is 6.50. The summed E-state index contributed by atoms with van der Waals surface area (Å²) in [4.78, 5) is 0. The van der Waals surface area contributed by atoms with Crippen molar-refractivity contribution in [1.82, 2.24) is 0 Å². The van der Waals surface area contributed by atoms with Gasteiger partial charge in [0.2, 0.25) is 0 Å². The Kier molecular flexibility index (Phi) is 3.27. The molecule has 0 radical (unpaired) electrons. The van der Waals surface area contributed by atoms with Crippen molar-refractivity contribution >= 4 is 15.9 Å². The fourth-order valence-corrected chi connectivity index (χ4v) is 3.22. The molecular formula is C13H18BrNO. The average Bonchev–Trinajstić information content (AvgIpc) is 2.69. The van der Waals surface area contributed by atoms with E-state index in [-0.39, 0.29) is 5.54 Å². The molecule has 1 aliphatic rings. The Labute approximate surface area is 105 Å². The molecule has 0 spiro atoms. The van der Waals surface area contributed by atoms with E-state index in [1.807, 2.05) is 6.07 Å². The van der Waals surface area contributed by atoms with Crippen LogP contribution in [0.2, 0.25) is 0 Å². The molecule has 0 aromatic heterocycles. The van der Waals surface area contributed by atoms with Crippen LogP contribution in [-0.4, -0.2) is 7.11 Å². The first-order chi connectivity index (χ1) is 7.58. The monoisotopic (exact) mass is 283 g/mol. The highest BCUT2D eigenvalue weighted by molar-refractivity contribution is 9.10. The first kappa shape index (κ1) is 11.9. The molecule has 0 atom stereocenters. The Morgan fingerprint density at radius 2 is 1.94 bits per heavy atom. The summed E-state index contributed by atoms with van der Waals surface area (Å²) in [5, 5.41) is 0. The maximum absolute atomic E-state index is 6.53. The SMILES string of the molecule is COc1c(Br)ccc(C)c1C1(N)CCCC1. The lowest BCUT2D eigenvalue weighted by atomic mass is 9.85. The predicted octanol–water partition coefficient (Wildman–Crippen LogP) is 3.49. The molecule has 1 fully saturated rings. The van der Waals surface area contributed by atoms with E-state index in [9.17, 15) is 0 Å². The molecule has 1 aromatic carbocycles. The minimum absolute atomic E-state index is 0.195. The van der Waals surface area contributed by atoms with Gasteiger partial charge >= 0.3 is 0 Å². The van der Waals surface area contributed by atoms with Gasteiger partial charge in [0.1, 0.15) is 5.75 Å². The molecule has 0 heterocycles. The highest BCUT2D eigenvalue weighted by Crippen LogP contribution is 2.44. The van der Waals surface area contributed by atoms with Gasteiger partial charge in [-0.25, -0.2) is 0 Å². The molecule has 1 saturated carbocycles. The van der Waals surface area contributed by atoms with Crippen molar-refractivity contribution in [3.63, 3.8) is 0 Å². The molecule has 2 rings (SSSR count). The normalized spacial score (nSPS) is 18.8. The Morgan fingerprint density at radius 3 is 2.50 bits per heavy atom. The number of rotatable bonds is 2. The quantitative estimate of drug-likeness (QED) is 0.902. The minimum Gasteiger partial charge on any atom is -0.495 e. The molecule has 0 amide bonds. The van der Waals surface area contributed by atoms with Crippen LogP contribution in [0.1, 0.15) is 36.8 Å². The third kappa shape index (κ3) is 1.87. The Hall–Kier alpha value is -0.540. The van der Waals surface area contributed by atoms with E-state index in [2.05, 4.69) is 28.9 Å². The largest absolute Gasteiger partial charge is 0.495 e. The van der Waals surface area contributed by atoms with E-state index in [0.29, 0.717) is 0 Å². The van der Waals surface area contributed by atoms with E-state index in [0.717, 1.165) is 23.1 Å². The van der Waals surface area contributed by atoms with Gasteiger partial charge in [0.05, 0.1) is 11.6 Å². The second kappa shape index (κ2) is 4.38. The van der Waals surface area contributed by atoms with Crippen LogP contribution in [0.15, 0.2) is 16.6 Å². The molecule has 1 aromatic rings. The average molecular weight is 284 g/mol. The smallest absolute Gasteiger partial charge is 0.138 e. The molecule has 0 unspecified atom stereocenters. The molecule has 1 aliphatic carbocycles. The number of hydrogen-bond acceptors (Lipinski definition) is 2. The lowest BCUT2D eigenvalue weighted by molar-refractivity contribution is 0.375. The van der Waals surface area contributed by atoms with Crippen molar-refractivity contribution < 1.29 is 4.74 Å². The fraction of sp³-hybridized carbons (Fsp3) is 0.538. The van der Waals surface area contributed by atoms with Crippen molar-refractivity contribution in [2.45, 2.75) is 38.1 Å². The molecule has 2 nitrogen and oxygen atoms in total. The van der Waals surface area contributed by atoms with E-state index in [4.69, 9.17) is 10.5 Å². The number of ether oxygens (including phenoxy) is 1. The second-order valence-electron chi connectivity index (χ2n) is 4.64. The van der Waals surface area contributed by atoms with Gasteiger partial charge in [-0.1, -0.05) is 18.9 Å². The minimum atomic E-state index is -0.195. The van der Waals surface area contributed by atoms with Crippen LogP contribution in [0, 0.1) is 6.92 Å². The van der Waals surface area contributed by atoms with Crippen LogP contribution in [0.3, 0.4) is 0 Å². The first-order valence-electron chi connectivity index (χ1n) is 5.71. The summed E-state index contributed by atoms with van der Waals surface area (Å²) < 4.78 is 6.50. The van der Waals surface area contributed by atoms with Crippen LogP contribution >= 0.6 is 15.9 Å². The number of benzene rings is 1. The van der Waals surface area contributed by atoms with E-state index < -0.39 is 0 Å². The predicted molar refractivity (Wildman–Crippen MR) is 69.8 cm³/mol. The molecule has 3 heteroatoms. The summed E-state index contributed by atoms with van der Waals surface area (Å²) >= 11 is 3.53.